The highest BCUT2D eigenvalue weighted by molar-refractivity contribution is 6.36. The Bertz CT molecular complexity index is 729. The number of carbonyl (C=O) groups is 2. The van der Waals surface area contributed by atoms with Gasteiger partial charge in [0, 0.05) is 37.2 Å². The molecule has 3 rings (SSSR count). The largest absolute Gasteiger partial charge is 0.352 e. The summed E-state index contributed by atoms with van der Waals surface area (Å²) in [6, 6.07) is 5.05. The summed E-state index contributed by atoms with van der Waals surface area (Å²) in [5.74, 6) is 0.478. The number of hydrogen-bond donors (Lipinski definition) is 1. The Labute approximate surface area is 183 Å². The average Bonchev–Trinajstić information content (AvgIpc) is 3.22. The summed E-state index contributed by atoms with van der Waals surface area (Å²) in [7, 11) is 0. The summed E-state index contributed by atoms with van der Waals surface area (Å²) in [5.41, 5.74) is 0.478. The minimum Gasteiger partial charge on any atom is -0.352 e. The molecule has 0 bridgehead atoms. The lowest BCUT2D eigenvalue weighted by Crippen LogP contribution is -2.58. The molecule has 1 aromatic carbocycles. The molecule has 160 valence electrons. The second-order valence-corrected chi connectivity index (χ2v) is 9.10. The fourth-order valence-corrected chi connectivity index (χ4v) is 4.91. The van der Waals surface area contributed by atoms with Gasteiger partial charge in [0.1, 0.15) is 0 Å². The Kier molecular flexibility index (Phi) is 7.83. The van der Waals surface area contributed by atoms with Crippen molar-refractivity contribution in [3.05, 3.63) is 33.8 Å². The maximum Gasteiger partial charge on any atom is 0.255 e. The second-order valence-electron chi connectivity index (χ2n) is 8.26. The molecule has 1 aliphatic carbocycles. The van der Waals surface area contributed by atoms with Gasteiger partial charge >= 0.3 is 0 Å². The van der Waals surface area contributed by atoms with E-state index >= 15 is 0 Å². The molecule has 2 atom stereocenters. The van der Waals surface area contributed by atoms with Gasteiger partial charge in [0.15, 0.2) is 0 Å². The van der Waals surface area contributed by atoms with E-state index in [2.05, 4.69) is 24.1 Å². The summed E-state index contributed by atoms with van der Waals surface area (Å²) in [6.07, 6.45) is 5.54. The fraction of sp³-hybridized carbons (Fsp3) is 0.636. The third-order valence-electron chi connectivity index (χ3n) is 6.27. The van der Waals surface area contributed by atoms with Crippen LogP contribution in [0.1, 0.15) is 56.3 Å². The molecule has 1 aromatic rings. The predicted molar refractivity (Wildman–Crippen MR) is 118 cm³/mol. The molecule has 7 heteroatoms. The third kappa shape index (κ3) is 5.44. The molecule has 0 unspecified atom stereocenters. The Morgan fingerprint density at radius 3 is 2.38 bits per heavy atom. The molecule has 0 aromatic heterocycles. The van der Waals surface area contributed by atoms with Crippen molar-refractivity contribution in [2.75, 3.05) is 26.2 Å². The highest BCUT2D eigenvalue weighted by Gasteiger charge is 2.37. The van der Waals surface area contributed by atoms with Gasteiger partial charge in [-0.25, -0.2) is 0 Å². The molecule has 2 aliphatic rings. The van der Waals surface area contributed by atoms with Gasteiger partial charge in [-0.2, -0.15) is 0 Å². The quantitative estimate of drug-likeness (QED) is 0.721. The highest BCUT2D eigenvalue weighted by Crippen LogP contribution is 2.31. The van der Waals surface area contributed by atoms with Crippen LogP contribution >= 0.6 is 23.2 Å². The van der Waals surface area contributed by atoms with Crippen molar-refractivity contribution >= 4 is 35.0 Å². The van der Waals surface area contributed by atoms with Crippen LogP contribution in [0.3, 0.4) is 0 Å². The van der Waals surface area contributed by atoms with Crippen LogP contribution in [0, 0.1) is 5.92 Å². The summed E-state index contributed by atoms with van der Waals surface area (Å²) in [6.45, 7) is 6.73. The predicted octanol–water partition coefficient (Wildman–Crippen LogP) is 4.22. The Hall–Kier alpha value is -1.30. The van der Waals surface area contributed by atoms with Crippen molar-refractivity contribution in [1.29, 1.82) is 0 Å². The Balaban J connectivity index is 1.66. The van der Waals surface area contributed by atoms with E-state index in [1.165, 1.54) is 12.8 Å². The van der Waals surface area contributed by atoms with Crippen LogP contribution in [0.5, 0.6) is 0 Å². The van der Waals surface area contributed by atoms with Crippen molar-refractivity contribution in [3.8, 4) is 0 Å². The third-order valence-corrected chi connectivity index (χ3v) is 6.82. The lowest BCUT2D eigenvalue weighted by molar-refractivity contribution is -0.129. The molecule has 1 saturated heterocycles. The van der Waals surface area contributed by atoms with E-state index in [0.717, 1.165) is 19.3 Å². The van der Waals surface area contributed by atoms with Crippen molar-refractivity contribution < 1.29 is 9.59 Å². The summed E-state index contributed by atoms with van der Waals surface area (Å²) in [4.78, 5) is 30.0. The number of carbonyl (C=O) groups excluding carboxylic acids is 2. The van der Waals surface area contributed by atoms with Gasteiger partial charge in [0.25, 0.3) is 5.91 Å². The minimum absolute atomic E-state index is 0.0761. The van der Waals surface area contributed by atoms with Crippen molar-refractivity contribution in [1.82, 2.24) is 15.1 Å². The lowest BCUT2D eigenvalue weighted by Gasteiger charge is -2.41. The molecular weight excluding hydrogens is 409 g/mol. The molecule has 2 amide bonds. The number of hydrogen-bond acceptors (Lipinski definition) is 3. The minimum atomic E-state index is -0.0946. The molecular formula is C22H31Cl2N3O2. The summed E-state index contributed by atoms with van der Waals surface area (Å²) in [5, 5.41) is 4.08. The monoisotopic (exact) mass is 439 g/mol. The Morgan fingerprint density at radius 2 is 1.79 bits per heavy atom. The van der Waals surface area contributed by atoms with Gasteiger partial charge in [-0.1, -0.05) is 43.0 Å². The molecule has 1 aliphatic heterocycles. The van der Waals surface area contributed by atoms with E-state index in [1.807, 2.05) is 4.90 Å². The first-order chi connectivity index (χ1) is 13.9. The van der Waals surface area contributed by atoms with Crippen LogP contribution in [-0.2, 0) is 4.79 Å². The Morgan fingerprint density at radius 1 is 1.14 bits per heavy atom. The molecule has 1 N–H and O–H groups in total. The van der Waals surface area contributed by atoms with Crippen molar-refractivity contribution in [3.63, 3.8) is 0 Å². The van der Waals surface area contributed by atoms with E-state index in [0.29, 0.717) is 47.7 Å². The zero-order valence-corrected chi connectivity index (χ0v) is 18.8. The van der Waals surface area contributed by atoms with Gasteiger partial charge in [-0.3, -0.25) is 14.5 Å². The number of nitrogens with zero attached hydrogens (tertiary/aromatic N) is 2. The molecule has 5 nitrogen and oxygen atoms in total. The maximum absolute atomic E-state index is 13.0. The van der Waals surface area contributed by atoms with Crippen LogP contribution in [0.15, 0.2) is 18.2 Å². The SMILES string of the molecule is CC[C@H](C)NC(=O)[C@H](C1CCCC1)N1CCN(C(=O)c2ccc(Cl)cc2Cl)CC1. The molecule has 0 radical (unpaired) electrons. The van der Waals surface area contributed by atoms with E-state index in [-0.39, 0.29) is 23.9 Å². The number of benzene rings is 1. The van der Waals surface area contributed by atoms with Gasteiger partial charge in [0.2, 0.25) is 5.91 Å². The topological polar surface area (TPSA) is 52.7 Å². The lowest BCUT2D eigenvalue weighted by atomic mass is 9.94. The first kappa shape index (κ1) is 22.4. The number of nitrogens with one attached hydrogen (secondary N) is 1. The van der Waals surface area contributed by atoms with E-state index in [1.54, 1.807) is 18.2 Å². The van der Waals surface area contributed by atoms with Gasteiger partial charge in [-0.15, -0.1) is 0 Å². The van der Waals surface area contributed by atoms with Crippen LogP contribution in [0.4, 0.5) is 0 Å². The zero-order chi connectivity index (χ0) is 21.0. The smallest absolute Gasteiger partial charge is 0.255 e. The van der Waals surface area contributed by atoms with Gasteiger partial charge in [0.05, 0.1) is 16.6 Å². The van der Waals surface area contributed by atoms with Crippen molar-refractivity contribution in [2.24, 2.45) is 5.92 Å². The standard InChI is InChI=1S/C22H31Cl2N3O2/c1-3-15(2)25-21(28)20(16-6-4-5-7-16)26-10-12-27(13-11-26)22(29)18-9-8-17(23)14-19(18)24/h8-9,14-16,20H,3-7,10-13H2,1-2H3,(H,25,28)/t15-,20-/m0/s1. The zero-order valence-electron chi connectivity index (χ0n) is 17.3. The van der Waals surface area contributed by atoms with Crippen LogP contribution < -0.4 is 5.32 Å². The van der Waals surface area contributed by atoms with E-state index in [9.17, 15) is 9.59 Å². The van der Waals surface area contributed by atoms with Crippen LogP contribution in [0.25, 0.3) is 0 Å². The first-order valence-corrected chi connectivity index (χ1v) is 11.4. The maximum atomic E-state index is 13.0. The second kappa shape index (κ2) is 10.1. The van der Waals surface area contributed by atoms with E-state index in [4.69, 9.17) is 23.2 Å². The number of piperazine rings is 1. The average molecular weight is 440 g/mol. The fourth-order valence-electron chi connectivity index (χ4n) is 4.42. The number of rotatable bonds is 6. The van der Waals surface area contributed by atoms with E-state index < -0.39 is 0 Å². The molecule has 1 saturated carbocycles. The number of halogens is 2. The van der Waals surface area contributed by atoms with Gasteiger partial charge in [-0.05, 0) is 50.3 Å². The molecule has 0 spiro atoms. The van der Waals surface area contributed by atoms with Gasteiger partial charge < -0.3 is 10.2 Å². The van der Waals surface area contributed by atoms with Crippen molar-refractivity contribution in [2.45, 2.75) is 58.0 Å². The normalized spacial score (nSPS) is 20.5. The summed E-state index contributed by atoms with van der Waals surface area (Å²) >= 11 is 12.2. The molecule has 29 heavy (non-hydrogen) atoms. The molecule has 1 heterocycles. The summed E-state index contributed by atoms with van der Waals surface area (Å²) < 4.78 is 0. The number of amides is 2. The first-order valence-electron chi connectivity index (χ1n) is 10.7. The highest BCUT2D eigenvalue weighted by atomic mass is 35.5. The van der Waals surface area contributed by atoms with Crippen LogP contribution in [0.2, 0.25) is 10.0 Å². The van der Waals surface area contributed by atoms with Crippen LogP contribution in [-0.4, -0.2) is 59.9 Å². The molecule has 2 fully saturated rings.